The van der Waals surface area contributed by atoms with Crippen LogP contribution < -0.4 is 0 Å². The molecule has 7 heteroatoms. The van der Waals surface area contributed by atoms with E-state index in [1.807, 2.05) is 0 Å². The molecule has 0 aliphatic carbocycles. The summed E-state index contributed by atoms with van der Waals surface area (Å²) < 4.78 is 1.40. The lowest BCUT2D eigenvalue weighted by Crippen LogP contribution is -2.04. The van der Waals surface area contributed by atoms with Gasteiger partial charge in [-0.1, -0.05) is 23.2 Å². The number of hydrogen-bond donors (Lipinski definition) is 1. The number of fused-ring (bicyclic) bond motifs is 1. The van der Waals surface area contributed by atoms with Crippen molar-refractivity contribution in [2.75, 3.05) is 0 Å². The van der Waals surface area contributed by atoms with Crippen LogP contribution in [0.1, 0.15) is 10.5 Å². The number of carboxylic acid groups (broad SMARTS) is 1. The van der Waals surface area contributed by atoms with Crippen molar-refractivity contribution in [3.63, 3.8) is 0 Å². The van der Waals surface area contributed by atoms with E-state index >= 15 is 0 Å². The molecule has 0 unspecified atom stereocenters. The van der Waals surface area contributed by atoms with Crippen LogP contribution in [0.2, 0.25) is 10.0 Å². The maximum absolute atomic E-state index is 11.5. The first-order valence-electron chi connectivity index (χ1n) is 5.58. The zero-order chi connectivity index (χ0) is 14.3. The minimum atomic E-state index is -1.11. The molecule has 1 aromatic carbocycles. The minimum Gasteiger partial charge on any atom is -0.476 e. The molecule has 0 fully saturated rings. The number of nitrogens with zero attached hydrogens (tertiary/aromatic N) is 3. The number of imidazole rings is 1. The van der Waals surface area contributed by atoms with Crippen molar-refractivity contribution in [1.82, 2.24) is 14.4 Å². The number of hydrogen-bond acceptors (Lipinski definition) is 3. The van der Waals surface area contributed by atoms with Crippen LogP contribution >= 0.6 is 23.2 Å². The molecule has 0 radical (unpaired) electrons. The molecular weight excluding hydrogens is 301 g/mol. The van der Waals surface area contributed by atoms with Crippen molar-refractivity contribution in [3.05, 3.63) is 52.5 Å². The second kappa shape index (κ2) is 4.77. The lowest BCUT2D eigenvalue weighted by Gasteiger charge is -2.03. The first-order valence-corrected chi connectivity index (χ1v) is 6.34. The number of benzene rings is 1. The van der Waals surface area contributed by atoms with Gasteiger partial charge in [0, 0.05) is 16.8 Å². The molecule has 3 rings (SSSR count). The number of carboxylic acids is 1. The highest BCUT2D eigenvalue weighted by Crippen LogP contribution is 2.32. The van der Waals surface area contributed by atoms with E-state index in [2.05, 4.69) is 9.97 Å². The lowest BCUT2D eigenvalue weighted by atomic mass is 10.1. The van der Waals surface area contributed by atoms with Gasteiger partial charge in [-0.15, -0.1) is 0 Å². The van der Waals surface area contributed by atoms with E-state index in [1.54, 1.807) is 24.3 Å². The molecule has 0 spiro atoms. The van der Waals surface area contributed by atoms with Crippen molar-refractivity contribution in [2.24, 2.45) is 0 Å². The van der Waals surface area contributed by atoms with Crippen molar-refractivity contribution in [1.29, 1.82) is 0 Å². The lowest BCUT2D eigenvalue weighted by molar-refractivity contribution is 0.0690. The molecule has 2 aromatic heterocycles. The first-order chi connectivity index (χ1) is 9.58. The highest BCUT2D eigenvalue weighted by molar-refractivity contribution is 6.35. The predicted molar refractivity (Wildman–Crippen MR) is 75.4 cm³/mol. The summed E-state index contributed by atoms with van der Waals surface area (Å²) in [5.41, 5.74) is 1.21. The number of aromatic carboxylic acids is 1. The summed E-state index contributed by atoms with van der Waals surface area (Å²) >= 11 is 12.1. The summed E-state index contributed by atoms with van der Waals surface area (Å²) in [6.45, 7) is 0. The predicted octanol–water partition coefficient (Wildman–Crippen LogP) is 3.40. The maximum Gasteiger partial charge on any atom is 0.355 e. The molecule has 0 saturated carbocycles. The highest BCUT2D eigenvalue weighted by Gasteiger charge is 2.21. The molecule has 0 aliphatic rings. The summed E-state index contributed by atoms with van der Waals surface area (Å²) in [4.78, 5) is 19.7. The van der Waals surface area contributed by atoms with E-state index in [0.717, 1.165) is 0 Å². The Morgan fingerprint density at radius 2 is 2.05 bits per heavy atom. The molecule has 20 heavy (non-hydrogen) atoms. The fourth-order valence-corrected chi connectivity index (χ4v) is 2.35. The Bertz CT molecular complexity index is 830. The van der Waals surface area contributed by atoms with Gasteiger partial charge in [-0.3, -0.25) is 4.40 Å². The SMILES string of the molecule is O=C(O)c1c(-c2cc(Cl)ccc2Cl)nc2ccncn12. The quantitative estimate of drug-likeness (QED) is 0.788. The molecule has 5 nitrogen and oxygen atoms in total. The van der Waals surface area contributed by atoms with Gasteiger partial charge in [-0.05, 0) is 24.3 Å². The molecule has 0 bridgehead atoms. The van der Waals surface area contributed by atoms with E-state index in [9.17, 15) is 9.90 Å². The van der Waals surface area contributed by atoms with Gasteiger partial charge in [0.1, 0.15) is 17.7 Å². The molecule has 0 amide bonds. The third-order valence-corrected chi connectivity index (χ3v) is 3.38. The van der Waals surface area contributed by atoms with E-state index in [4.69, 9.17) is 23.2 Å². The molecule has 0 aliphatic heterocycles. The van der Waals surface area contributed by atoms with E-state index in [-0.39, 0.29) is 11.4 Å². The van der Waals surface area contributed by atoms with Gasteiger partial charge in [-0.25, -0.2) is 14.8 Å². The minimum absolute atomic E-state index is 0.00253. The van der Waals surface area contributed by atoms with Crippen LogP contribution in [-0.2, 0) is 0 Å². The Kier molecular flexibility index (Phi) is 3.08. The van der Waals surface area contributed by atoms with Crippen LogP contribution in [0.3, 0.4) is 0 Å². The standard InChI is InChI=1S/C13H7Cl2N3O2/c14-7-1-2-9(15)8(5-7)11-12(13(19)20)18-6-16-4-3-10(18)17-11/h1-6H,(H,19,20). The van der Waals surface area contributed by atoms with Gasteiger partial charge < -0.3 is 5.11 Å². The number of halogens is 2. The van der Waals surface area contributed by atoms with Gasteiger partial charge in [0.25, 0.3) is 0 Å². The smallest absolute Gasteiger partial charge is 0.355 e. The number of aromatic nitrogens is 3. The highest BCUT2D eigenvalue weighted by atomic mass is 35.5. The van der Waals surface area contributed by atoms with Crippen LogP contribution in [-0.4, -0.2) is 25.4 Å². The second-order valence-electron chi connectivity index (χ2n) is 4.05. The van der Waals surface area contributed by atoms with Crippen molar-refractivity contribution in [3.8, 4) is 11.3 Å². The first kappa shape index (κ1) is 12.9. The molecule has 3 aromatic rings. The summed E-state index contributed by atoms with van der Waals surface area (Å²) in [5, 5.41) is 10.2. The van der Waals surface area contributed by atoms with Crippen LogP contribution in [0.15, 0.2) is 36.8 Å². The molecule has 2 heterocycles. The second-order valence-corrected chi connectivity index (χ2v) is 4.89. The third kappa shape index (κ3) is 2.01. The molecule has 1 N–H and O–H groups in total. The summed E-state index contributed by atoms with van der Waals surface area (Å²) in [7, 11) is 0. The van der Waals surface area contributed by atoms with E-state index in [0.29, 0.717) is 21.3 Å². The Labute approximate surface area is 123 Å². The monoisotopic (exact) mass is 307 g/mol. The summed E-state index contributed by atoms with van der Waals surface area (Å²) in [6.07, 6.45) is 2.94. The molecule has 100 valence electrons. The number of rotatable bonds is 2. The van der Waals surface area contributed by atoms with Crippen LogP contribution in [0.5, 0.6) is 0 Å². The van der Waals surface area contributed by atoms with Gasteiger partial charge in [0.15, 0.2) is 5.69 Å². The van der Waals surface area contributed by atoms with Crippen molar-refractivity contribution < 1.29 is 9.90 Å². The Morgan fingerprint density at radius 3 is 2.80 bits per heavy atom. The largest absolute Gasteiger partial charge is 0.476 e. The normalized spacial score (nSPS) is 10.9. The molecule has 0 saturated heterocycles. The number of carbonyl (C=O) groups is 1. The Balaban J connectivity index is 2.38. The average molecular weight is 308 g/mol. The fourth-order valence-electron chi connectivity index (χ4n) is 1.97. The van der Waals surface area contributed by atoms with Crippen molar-refractivity contribution >= 4 is 34.8 Å². The van der Waals surface area contributed by atoms with Gasteiger partial charge in [0.05, 0.1) is 5.02 Å². The Morgan fingerprint density at radius 1 is 1.25 bits per heavy atom. The zero-order valence-corrected chi connectivity index (χ0v) is 11.4. The maximum atomic E-state index is 11.5. The molecular formula is C13H7Cl2N3O2. The topological polar surface area (TPSA) is 67.5 Å². The Hall–Kier alpha value is -2.11. The van der Waals surface area contributed by atoms with Gasteiger partial charge in [-0.2, -0.15) is 0 Å². The van der Waals surface area contributed by atoms with Gasteiger partial charge in [0.2, 0.25) is 0 Å². The van der Waals surface area contributed by atoms with Gasteiger partial charge >= 0.3 is 5.97 Å². The van der Waals surface area contributed by atoms with Crippen molar-refractivity contribution in [2.45, 2.75) is 0 Å². The van der Waals surface area contributed by atoms with Crippen LogP contribution in [0.4, 0.5) is 0 Å². The fraction of sp³-hybridized carbons (Fsp3) is 0. The summed E-state index contributed by atoms with van der Waals surface area (Å²) in [5.74, 6) is -1.11. The third-order valence-electron chi connectivity index (χ3n) is 2.82. The van der Waals surface area contributed by atoms with Crippen LogP contribution in [0, 0.1) is 0 Å². The van der Waals surface area contributed by atoms with E-state index < -0.39 is 5.97 Å². The van der Waals surface area contributed by atoms with E-state index in [1.165, 1.54) is 16.9 Å². The van der Waals surface area contributed by atoms with Crippen LogP contribution in [0.25, 0.3) is 16.9 Å². The molecule has 0 atom stereocenters. The summed E-state index contributed by atoms with van der Waals surface area (Å²) in [6, 6.07) is 6.44. The zero-order valence-electron chi connectivity index (χ0n) is 9.92. The average Bonchev–Trinajstić information content (AvgIpc) is 2.80.